The Hall–Kier alpha value is -2.37. The molecule has 6 heteroatoms. The number of carbonyl (C=O) groups excluding carboxylic acids is 2. The Labute approximate surface area is 96.1 Å². The van der Waals surface area contributed by atoms with E-state index in [1.165, 1.54) is 12.1 Å². The molecule has 0 bridgehead atoms. The van der Waals surface area contributed by atoms with Crippen LogP contribution in [0, 0.1) is 0 Å². The lowest BCUT2D eigenvalue weighted by molar-refractivity contribution is -0.121. The first kappa shape index (κ1) is 11.1. The minimum Gasteiger partial charge on any atom is -0.506 e. The van der Waals surface area contributed by atoms with Crippen LogP contribution in [-0.4, -0.2) is 34.4 Å². The van der Waals surface area contributed by atoms with Gasteiger partial charge in [0.15, 0.2) is 5.78 Å². The Morgan fingerprint density at radius 3 is 2.47 bits per heavy atom. The lowest BCUT2D eigenvalue weighted by atomic mass is 10.2. The molecule has 1 aromatic rings. The molecule has 1 aromatic carbocycles. The number of carboxylic acid groups (broad SMARTS) is 1. The van der Waals surface area contributed by atoms with E-state index in [1.54, 1.807) is 0 Å². The first-order valence-electron chi connectivity index (χ1n) is 4.87. The molecule has 0 radical (unpaired) electrons. The number of aromatic carboxylic acids is 1. The van der Waals surface area contributed by atoms with E-state index in [9.17, 15) is 19.5 Å². The molecular formula is C11H9NO5. The highest BCUT2D eigenvalue weighted by molar-refractivity contribution is 6.15. The van der Waals surface area contributed by atoms with E-state index in [2.05, 4.69) is 0 Å². The molecule has 6 nitrogen and oxygen atoms in total. The van der Waals surface area contributed by atoms with E-state index in [1.807, 2.05) is 0 Å². The maximum Gasteiger partial charge on any atom is 0.335 e. The largest absolute Gasteiger partial charge is 0.506 e. The van der Waals surface area contributed by atoms with E-state index in [0.29, 0.717) is 0 Å². The molecule has 1 saturated heterocycles. The lowest BCUT2D eigenvalue weighted by Crippen LogP contribution is -2.24. The number of carbonyl (C=O) groups is 3. The third kappa shape index (κ3) is 1.96. The quantitative estimate of drug-likeness (QED) is 0.723. The van der Waals surface area contributed by atoms with Crippen LogP contribution in [0.3, 0.4) is 0 Å². The average molecular weight is 235 g/mol. The number of amides is 1. The van der Waals surface area contributed by atoms with Crippen LogP contribution in [0.15, 0.2) is 18.2 Å². The van der Waals surface area contributed by atoms with Crippen molar-refractivity contribution in [3.63, 3.8) is 0 Å². The van der Waals surface area contributed by atoms with Crippen LogP contribution < -0.4 is 4.90 Å². The number of hydrogen-bond acceptors (Lipinski definition) is 4. The summed E-state index contributed by atoms with van der Waals surface area (Å²) >= 11 is 0. The van der Waals surface area contributed by atoms with Crippen molar-refractivity contribution in [1.29, 1.82) is 0 Å². The topological polar surface area (TPSA) is 94.9 Å². The molecule has 0 unspecified atom stereocenters. The Morgan fingerprint density at radius 1 is 1.29 bits per heavy atom. The summed E-state index contributed by atoms with van der Waals surface area (Å²) in [6.45, 7) is -0.0845. The van der Waals surface area contributed by atoms with Crippen LogP contribution in [0.4, 0.5) is 5.69 Å². The monoisotopic (exact) mass is 235 g/mol. The summed E-state index contributed by atoms with van der Waals surface area (Å²) in [6.07, 6.45) is -0.180. The van der Waals surface area contributed by atoms with Gasteiger partial charge in [-0.15, -0.1) is 0 Å². The van der Waals surface area contributed by atoms with Crippen molar-refractivity contribution in [2.24, 2.45) is 0 Å². The third-order valence-electron chi connectivity index (χ3n) is 2.50. The molecule has 1 aliphatic rings. The fourth-order valence-electron chi connectivity index (χ4n) is 1.69. The van der Waals surface area contributed by atoms with Gasteiger partial charge in [0.2, 0.25) is 5.91 Å². The zero-order valence-corrected chi connectivity index (χ0v) is 8.71. The zero-order chi connectivity index (χ0) is 12.6. The Balaban J connectivity index is 2.37. The van der Waals surface area contributed by atoms with Crippen molar-refractivity contribution < 1.29 is 24.6 Å². The van der Waals surface area contributed by atoms with Crippen molar-refractivity contribution in [2.75, 3.05) is 11.4 Å². The second kappa shape index (κ2) is 3.89. The van der Waals surface area contributed by atoms with Gasteiger partial charge >= 0.3 is 5.97 Å². The molecule has 1 fully saturated rings. The zero-order valence-electron chi connectivity index (χ0n) is 8.71. The number of Topliss-reactive ketones (excluding diaryl/α,β-unsaturated/α-hetero) is 1. The molecule has 2 rings (SSSR count). The molecule has 0 saturated carbocycles. The molecule has 1 amide bonds. The maximum absolute atomic E-state index is 11.4. The van der Waals surface area contributed by atoms with Crippen molar-refractivity contribution in [3.8, 4) is 5.75 Å². The highest BCUT2D eigenvalue weighted by Gasteiger charge is 2.30. The van der Waals surface area contributed by atoms with Crippen LogP contribution in [-0.2, 0) is 9.59 Å². The first-order chi connectivity index (χ1) is 7.99. The number of nitrogens with zero attached hydrogens (tertiary/aromatic N) is 1. The molecule has 0 aliphatic carbocycles. The predicted octanol–water partition coefficient (Wildman–Crippen LogP) is 0.396. The summed E-state index contributed by atoms with van der Waals surface area (Å²) in [7, 11) is 0. The number of carboxylic acids is 1. The van der Waals surface area contributed by atoms with Crippen molar-refractivity contribution in [3.05, 3.63) is 23.8 Å². The van der Waals surface area contributed by atoms with Crippen LogP contribution in [0.2, 0.25) is 0 Å². The molecule has 0 atom stereocenters. The number of anilines is 1. The molecule has 2 N–H and O–H groups in total. The molecule has 0 spiro atoms. The van der Waals surface area contributed by atoms with Gasteiger partial charge in [0, 0.05) is 0 Å². The smallest absolute Gasteiger partial charge is 0.335 e. The van der Waals surface area contributed by atoms with Gasteiger partial charge in [-0.3, -0.25) is 9.59 Å². The summed E-state index contributed by atoms with van der Waals surface area (Å²) in [5.74, 6) is -2.12. The highest BCUT2D eigenvalue weighted by atomic mass is 16.4. The van der Waals surface area contributed by atoms with Gasteiger partial charge in [-0.25, -0.2) is 4.79 Å². The van der Waals surface area contributed by atoms with Gasteiger partial charge in [-0.2, -0.15) is 0 Å². The molecular weight excluding hydrogens is 226 g/mol. The van der Waals surface area contributed by atoms with Gasteiger partial charge < -0.3 is 15.1 Å². The first-order valence-corrected chi connectivity index (χ1v) is 4.87. The second-order valence-electron chi connectivity index (χ2n) is 3.70. The second-order valence-corrected chi connectivity index (χ2v) is 3.70. The lowest BCUT2D eigenvalue weighted by Gasteiger charge is -2.16. The number of benzene rings is 1. The van der Waals surface area contributed by atoms with E-state index >= 15 is 0 Å². The summed E-state index contributed by atoms with van der Waals surface area (Å²) < 4.78 is 0. The molecule has 88 valence electrons. The van der Waals surface area contributed by atoms with Crippen molar-refractivity contribution in [2.45, 2.75) is 6.42 Å². The number of phenolic OH excluding ortho intramolecular Hbond substituents is 1. The molecule has 17 heavy (non-hydrogen) atoms. The average Bonchev–Trinajstić information content (AvgIpc) is 2.57. The minimum atomic E-state index is -1.17. The Morgan fingerprint density at radius 2 is 2.00 bits per heavy atom. The normalized spacial score (nSPS) is 15.4. The molecule has 1 heterocycles. The summed E-state index contributed by atoms with van der Waals surface area (Å²) in [4.78, 5) is 34.3. The van der Waals surface area contributed by atoms with Gasteiger partial charge in [-0.1, -0.05) is 0 Å². The Kier molecular flexibility index (Phi) is 2.55. The van der Waals surface area contributed by atoms with E-state index in [0.717, 1.165) is 11.0 Å². The van der Waals surface area contributed by atoms with Crippen LogP contribution in [0.5, 0.6) is 5.75 Å². The summed E-state index contributed by atoms with van der Waals surface area (Å²) in [6, 6.07) is 3.64. The fourth-order valence-corrected chi connectivity index (χ4v) is 1.69. The van der Waals surface area contributed by atoms with Gasteiger partial charge in [0.25, 0.3) is 0 Å². The predicted molar refractivity (Wildman–Crippen MR) is 57.0 cm³/mol. The number of phenols is 1. The van der Waals surface area contributed by atoms with E-state index in [-0.39, 0.29) is 35.7 Å². The van der Waals surface area contributed by atoms with Gasteiger partial charge in [0.05, 0.1) is 24.2 Å². The summed E-state index contributed by atoms with van der Waals surface area (Å²) in [5.41, 5.74) is 0.0788. The van der Waals surface area contributed by atoms with Crippen LogP contribution in [0.1, 0.15) is 16.8 Å². The summed E-state index contributed by atoms with van der Waals surface area (Å²) in [5, 5.41) is 18.3. The number of aromatic hydroxyl groups is 1. The van der Waals surface area contributed by atoms with Crippen LogP contribution >= 0.6 is 0 Å². The van der Waals surface area contributed by atoms with Crippen LogP contribution in [0.25, 0.3) is 0 Å². The van der Waals surface area contributed by atoms with Crippen molar-refractivity contribution >= 4 is 23.3 Å². The molecule has 1 aliphatic heterocycles. The van der Waals surface area contributed by atoms with E-state index in [4.69, 9.17) is 5.11 Å². The third-order valence-corrected chi connectivity index (χ3v) is 2.50. The minimum absolute atomic E-state index is 0.0794. The van der Waals surface area contributed by atoms with E-state index < -0.39 is 11.9 Å². The fraction of sp³-hybridized carbons (Fsp3) is 0.182. The van der Waals surface area contributed by atoms with Gasteiger partial charge in [0.1, 0.15) is 5.75 Å². The van der Waals surface area contributed by atoms with Crippen molar-refractivity contribution in [1.82, 2.24) is 0 Å². The van der Waals surface area contributed by atoms with Gasteiger partial charge in [-0.05, 0) is 18.2 Å². The Bertz CT molecular complexity index is 523. The number of rotatable bonds is 2. The SMILES string of the molecule is O=C1CC(=O)N(c2ccc(C(=O)O)cc2O)C1. The standard InChI is InChI=1S/C11H9NO5/c13-7-4-10(15)12(5-7)8-2-1-6(11(16)17)3-9(8)14/h1-3,14H,4-5H2,(H,16,17). The molecule has 0 aromatic heterocycles. The number of hydrogen-bond donors (Lipinski definition) is 2. The highest BCUT2D eigenvalue weighted by Crippen LogP contribution is 2.30. The number of ketones is 1. The maximum atomic E-state index is 11.4.